The van der Waals surface area contributed by atoms with Gasteiger partial charge in [0, 0.05) is 19.0 Å². The van der Waals surface area contributed by atoms with Crippen LogP contribution in [0.2, 0.25) is 0 Å². The quantitative estimate of drug-likeness (QED) is 0.322. The van der Waals surface area contributed by atoms with E-state index in [1.165, 1.54) is 0 Å². The van der Waals surface area contributed by atoms with E-state index in [1.807, 2.05) is 0 Å². The first-order chi connectivity index (χ1) is 4.56. The number of hydrogen-bond donors (Lipinski definition) is 3. The smallest absolute Gasteiger partial charge is 0.324 e. The molecule has 0 atom stereocenters. The summed E-state index contributed by atoms with van der Waals surface area (Å²) in [4.78, 5) is 16.7. The van der Waals surface area contributed by atoms with E-state index in [0.717, 1.165) is 0 Å². The van der Waals surface area contributed by atoms with Crippen LogP contribution in [0.3, 0.4) is 0 Å². The fraction of sp³-hybridized carbons (Fsp3) is 1.00. The van der Waals surface area contributed by atoms with Crippen LogP contribution in [0.1, 0.15) is 0 Å². The Balaban J connectivity index is 3.13. The van der Waals surface area contributed by atoms with Crippen molar-refractivity contribution in [3.05, 3.63) is 0 Å². The van der Waals surface area contributed by atoms with Gasteiger partial charge in [0.25, 0.3) is 0 Å². The minimum Gasteiger partial charge on any atom is -0.324 e. The molecule has 0 rings (SSSR count). The molecule has 6 heteroatoms. The van der Waals surface area contributed by atoms with Crippen LogP contribution >= 0.6 is 19.2 Å². The average molecular weight is 188 g/mol. The van der Waals surface area contributed by atoms with Gasteiger partial charge in [-0.2, -0.15) is 0 Å². The summed E-state index contributed by atoms with van der Waals surface area (Å²) in [7, 11) is -3.81. The molecule has 0 radical (unpaired) electrons. The highest BCUT2D eigenvalue weighted by Gasteiger charge is 2.10. The highest BCUT2D eigenvalue weighted by Crippen LogP contribution is 2.32. The van der Waals surface area contributed by atoms with Crippen molar-refractivity contribution in [2.24, 2.45) is 0 Å². The van der Waals surface area contributed by atoms with E-state index in [1.54, 1.807) is 0 Å². The maximum Gasteiger partial charge on any atom is 0.326 e. The molecule has 0 bridgehead atoms. The number of hydrogen-bond acceptors (Lipinski definition) is 2. The number of halogens is 1. The van der Waals surface area contributed by atoms with Crippen molar-refractivity contribution >= 4 is 19.2 Å². The molecule has 0 fully saturated rings. The van der Waals surface area contributed by atoms with Crippen LogP contribution in [-0.2, 0) is 4.57 Å². The summed E-state index contributed by atoms with van der Waals surface area (Å²) in [6, 6.07) is 0. The third-order valence-corrected chi connectivity index (χ3v) is 1.85. The van der Waals surface area contributed by atoms with Crippen LogP contribution in [0.15, 0.2) is 0 Å². The van der Waals surface area contributed by atoms with E-state index in [-0.39, 0.29) is 6.16 Å². The first kappa shape index (κ1) is 10.4. The van der Waals surface area contributed by atoms with Gasteiger partial charge in [-0.15, -0.1) is 11.6 Å². The van der Waals surface area contributed by atoms with Gasteiger partial charge in [0.2, 0.25) is 0 Å². The normalized spacial score (nSPS) is 11.9. The van der Waals surface area contributed by atoms with Gasteiger partial charge >= 0.3 is 7.60 Å². The zero-order chi connectivity index (χ0) is 8.04. The Labute approximate surface area is 64.7 Å². The van der Waals surface area contributed by atoms with Crippen molar-refractivity contribution in [1.82, 2.24) is 5.32 Å². The summed E-state index contributed by atoms with van der Waals surface area (Å²) in [6.07, 6.45) is -0.121. The molecule has 0 aromatic carbocycles. The highest BCUT2D eigenvalue weighted by molar-refractivity contribution is 7.51. The third-order valence-electron chi connectivity index (χ3n) is 0.851. The molecule has 0 amide bonds. The molecule has 0 aromatic heterocycles. The van der Waals surface area contributed by atoms with E-state index in [0.29, 0.717) is 19.0 Å². The molecular formula is C4H11ClNO3P. The molecule has 0 aliphatic carbocycles. The minimum absolute atomic E-state index is 0.121. The Hall–Kier alpha value is 0.400. The van der Waals surface area contributed by atoms with E-state index in [9.17, 15) is 4.57 Å². The molecule has 0 aliphatic rings. The third kappa shape index (κ3) is 8.40. The molecular weight excluding hydrogens is 176 g/mol. The zero-order valence-corrected chi connectivity index (χ0v) is 7.11. The Morgan fingerprint density at radius 2 is 2.00 bits per heavy atom. The minimum atomic E-state index is -3.81. The molecule has 0 spiro atoms. The summed E-state index contributed by atoms with van der Waals surface area (Å²) in [5, 5.41) is 2.77. The summed E-state index contributed by atoms with van der Waals surface area (Å²) in [5.74, 6) is 0.459. The molecule has 0 unspecified atom stereocenters. The molecule has 4 nitrogen and oxygen atoms in total. The molecule has 0 aromatic rings. The topological polar surface area (TPSA) is 69.6 Å². The first-order valence-corrected chi connectivity index (χ1v) is 5.21. The Kier molecular flexibility index (Phi) is 5.31. The zero-order valence-electron chi connectivity index (χ0n) is 5.46. The van der Waals surface area contributed by atoms with Crippen LogP contribution in [-0.4, -0.2) is 34.9 Å². The van der Waals surface area contributed by atoms with Crippen LogP contribution in [0.25, 0.3) is 0 Å². The summed E-state index contributed by atoms with van der Waals surface area (Å²) >= 11 is 5.29. The van der Waals surface area contributed by atoms with Gasteiger partial charge < -0.3 is 15.1 Å². The van der Waals surface area contributed by atoms with Gasteiger partial charge in [-0.1, -0.05) is 0 Å². The Morgan fingerprint density at radius 3 is 2.40 bits per heavy atom. The largest absolute Gasteiger partial charge is 0.326 e. The summed E-state index contributed by atoms with van der Waals surface area (Å²) < 4.78 is 10.2. The van der Waals surface area contributed by atoms with Gasteiger partial charge in [-0.05, 0) is 0 Å². The molecule has 0 aliphatic heterocycles. The van der Waals surface area contributed by atoms with Crippen molar-refractivity contribution in [3.63, 3.8) is 0 Å². The fourth-order valence-corrected chi connectivity index (χ4v) is 1.000. The summed E-state index contributed by atoms with van der Waals surface area (Å²) in [5.41, 5.74) is 0. The summed E-state index contributed by atoms with van der Waals surface area (Å²) in [6.45, 7) is 0.901. The van der Waals surface area contributed by atoms with E-state index in [2.05, 4.69) is 5.32 Å². The lowest BCUT2D eigenvalue weighted by molar-refractivity contribution is 0.372. The predicted molar refractivity (Wildman–Crippen MR) is 40.5 cm³/mol. The monoisotopic (exact) mass is 187 g/mol. The molecule has 0 saturated heterocycles. The van der Waals surface area contributed by atoms with Crippen molar-refractivity contribution in [2.75, 3.05) is 25.1 Å². The molecule has 10 heavy (non-hydrogen) atoms. The number of rotatable bonds is 5. The second-order valence-corrected chi connectivity index (χ2v) is 3.98. The van der Waals surface area contributed by atoms with Gasteiger partial charge in [0.05, 0.1) is 6.16 Å². The van der Waals surface area contributed by atoms with Crippen LogP contribution in [0.5, 0.6) is 0 Å². The van der Waals surface area contributed by atoms with Crippen LogP contribution in [0, 0.1) is 0 Å². The maximum absolute atomic E-state index is 10.2. The van der Waals surface area contributed by atoms with Crippen molar-refractivity contribution < 1.29 is 14.4 Å². The molecule has 0 saturated carbocycles. The van der Waals surface area contributed by atoms with E-state index < -0.39 is 7.60 Å². The second-order valence-electron chi connectivity index (χ2n) is 1.83. The maximum atomic E-state index is 10.2. The predicted octanol–water partition coefficient (Wildman–Crippen LogP) is -0.00750. The Morgan fingerprint density at radius 1 is 1.40 bits per heavy atom. The lowest BCUT2D eigenvalue weighted by Gasteiger charge is -2.03. The van der Waals surface area contributed by atoms with E-state index >= 15 is 0 Å². The fourth-order valence-electron chi connectivity index (χ4n) is 0.417. The average Bonchev–Trinajstić information content (AvgIpc) is 1.78. The van der Waals surface area contributed by atoms with Gasteiger partial charge in [0.1, 0.15) is 0 Å². The standard InChI is InChI=1S/C4H11ClNO3P/c5-1-2-6-3-4-10(7,8)9/h6H,1-4H2,(H2,7,8,9). The Bertz CT molecular complexity index is 126. The lowest BCUT2D eigenvalue weighted by atomic mass is 10.7. The number of nitrogens with one attached hydrogen (secondary N) is 1. The second kappa shape index (κ2) is 5.10. The van der Waals surface area contributed by atoms with Gasteiger partial charge in [-0.25, -0.2) is 0 Å². The molecule has 3 N–H and O–H groups in total. The molecule has 62 valence electrons. The molecule has 0 heterocycles. The van der Waals surface area contributed by atoms with E-state index in [4.69, 9.17) is 21.4 Å². The lowest BCUT2D eigenvalue weighted by Crippen LogP contribution is -2.20. The highest BCUT2D eigenvalue weighted by atomic mass is 35.5. The van der Waals surface area contributed by atoms with Gasteiger partial charge in [0.15, 0.2) is 0 Å². The van der Waals surface area contributed by atoms with Crippen molar-refractivity contribution in [1.29, 1.82) is 0 Å². The first-order valence-electron chi connectivity index (χ1n) is 2.87. The van der Waals surface area contributed by atoms with Crippen molar-refractivity contribution in [2.45, 2.75) is 0 Å². The SMILES string of the molecule is O=P(O)(O)CCNCCCl. The van der Waals surface area contributed by atoms with Crippen LogP contribution in [0.4, 0.5) is 0 Å². The van der Waals surface area contributed by atoms with Crippen LogP contribution < -0.4 is 5.32 Å². The van der Waals surface area contributed by atoms with Crippen molar-refractivity contribution in [3.8, 4) is 0 Å². The number of alkyl halides is 1. The van der Waals surface area contributed by atoms with Gasteiger partial charge in [-0.3, -0.25) is 4.57 Å².